The van der Waals surface area contributed by atoms with Gasteiger partial charge in [0.2, 0.25) is 5.76 Å². The van der Waals surface area contributed by atoms with Gasteiger partial charge in [-0.05, 0) is 25.3 Å². The van der Waals surface area contributed by atoms with E-state index < -0.39 is 12.1 Å². The van der Waals surface area contributed by atoms with E-state index in [1.807, 2.05) is 17.5 Å². The Balaban J connectivity index is 1.83. The van der Waals surface area contributed by atoms with Gasteiger partial charge in [-0.2, -0.15) is 0 Å². The number of nitrogens with zero attached hydrogens (tertiary/aromatic N) is 1. The summed E-state index contributed by atoms with van der Waals surface area (Å²) in [4.78, 5) is 24.5. The highest BCUT2D eigenvalue weighted by atomic mass is 32.1. The lowest BCUT2D eigenvalue weighted by Crippen LogP contribution is -2.35. The third-order valence-electron chi connectivity index (χ3n) is 2.50. The lowest BCUT2D eigenvalue weighted by molar-refractivity contribution is -0.129. The van der Waals surface area contributed by atoms with Crippen LogP contribution in [0.3, 0.4) is 0 Å². The predicted octanol–water partition coefficient (Wildman–Crippen LogP) is 1.91. The van der Waals surface area contributed by atoms with Crippen molar-refractivity contribution in [2.45, 2.75) is 26.5 Å². The van der Waals surface area contributed by atoms with Gasteiger partial charge in [-0.1, -0.05) is 11.2 Å². The van der Waals surface area contributed by atoms with Crippen LogP contribution in [0.15, 0.2) is 28.1 Å². The van der Waals surface area contributed by atoms with Crippen molar-refractivity contribution in [3.05, 3.63) is 39.9 Å². The zero-order valence-corrected chi connectivity index (χ0v) is 11.9. The highest BCUT2D eigenvalue weighted by Crippen LogP contribution is 2.09. The lowest BCUT2D eigenvalue weighted by Gasteiger charge is -2.11. The van der Waals surface area contributed by atoms with Crippen LogP contribution >= 0.6 is 11.3 Å². The zero-order chi connectivity index (χ0) is 14.5. The second kappa shape index (κ2) is 6.33. The van der Waals surface area contributed by atoms with Crippen LogP contribution in [0.1, 0.15) is 28.0 Å². The van der Waals surface area contributed by atoms with E-state index in [4.69, 9.17) is 9.26 Å². The van der Waals surface area contributed by atoms with Crippen molar-refractivity contribution < 1.29 is 18.8 Å². The molecule has 0 aliphatic carbocycles. The van der Waals surface area contributed by atoms with Gasteiger partial charge >= 0.3 is 5.97 Å². The number of hydrogen-bond donors (Lipinski definition) is 1. The summed E-state index contributed by atoms with van der Waals surface area (Å²) >= 11 is 1.54. The van der Waals surface area contributed by atoms with Crippen LogP contribution in [-0.2, 0) is 16.1 Å². The molecule has 2 aromatic rings. The number of thiophene rings is 1. The molecule has 0 aliphatic rings. The Kier molecular flexibility index (Phi) is 4.52. The fraction of sp³-hybridized carbons (Fsp3) is 0.308. The molecule has 2 rings (SSSR count). The minimum absolute atomic E-state index is 0.0135. The second-order valence-electron chi connectivity index (χ2n) is 4.18. The van der Waals surface area contributed by atoms with E-state index in [1.54, 1.807) is 18.3 Å². The summed E-state index contributed by atoms with van der Waals surface area (Å²) in [5, 5.41) is 8.21. The minimum atomic E-state index is -0.895. The molecule has 1 N–H and O–H groups in total. The summed E-state index contributed by atoms with van der Waals surface area (Å²) in [6.07, 6.45) is -0.895. The third-order valence-corrected chi connectivity index (χ3v) is 3.38. The molecular weight excluding hydrogens is 280 g/mol. The average Bonchev–Trinajstić information content (AvgIpc) is 3.06. The molecule has 0 radical (unpaired) electrons. The standard InChI is InChI=1S/C13H14N2O4S/c1-8-6-11(19-15-8)13(17)18-9(2)12(16)14-7-10-4-3-5-20-10/h3-6,9H,7H2,1-2H3,(H,14,16). The molecule has 7 heteroatoms. The van der Waals surface area contributed by atoms with Gasteiger partial charge in [0, 0.05) is 10.9 Å². The van der Waals surface area contributed by atoms with Crippen molar-refractivity contribution in [2.24, 2.45) is 0 Å². The first-order chi connectivity index (χ1) is 9.56. The fourth-order valence-corrected chi connectivity index (χ4v) is 2.11. The Bertz CT molecular complexity index is 591. The Labute approximate surface area is 119 Å². The van der Waals surface area contributed by atoms with Crippen molar-refractivity contribution >= 4 is 23.2 Å². The van der Waals surface area contributed by atoms with Crippen LogP contribution < -0.4 is 5.32 Å². The highest BCUT2D eigenvalue weighted by Gasteiger charge is 2.21. The molecule has 106 valence electrons. The van der Waals surface area contributed by atoms with Crippen LogP contribution in [0.5, 0.6) is 0 Å². The molecule has 1 unspecified atom stereocenters. The summed E-state index contributed by atoms with van der Waals surface area (Å²) in [5.74, 6) is -1.08. The molecule has 0 bridgehead atoms. The predicted molar refractivity (Wildman–Crippen MR) is 72.3 cm³/mol. The molecule has 20 heavy (non-hydrogen) atoms. The minimum Gasteiger partial charge on any atom is -0.447 e. The molecule has 0 saturated heterocycles. The van der Waals surface area contributed by atoms with E-state index in [0.717, 1.165) is 4.88 Å². The van der Waals surface area contributed by atoms with Gasteiger partial charge in [0.15, 0.2) is 6.10 Å². The normalized spacial score (nSPS) is 11.9. The van der Waals surface area contributed by atoms with Crippen LogP contribution in [0.4, 0.5) is 0 Å². The van der Waals surface area contributed by atoms with Crippen molar-refractivity contribution in [3.63, 3.8) is 0 Å². The summed E-state index contributed by atoms with van der Waals surface area (Å²) in [6, 6.07) is 5.28. The largest absolute Gasteiger partial charge is 0.447 e. The first-order valence-electron chi connectivity index (χ1n) is 6.00. The van der Waals surface area contributed by atoms with Gasteiger partial charge in [-0.3, -0.25) is 4.79 Å². The number of carbonyl (C=O) groups excluding carboxylic acids is 2. The van der Waals surface area contributed by atoms with E-state index in [9.17, 15) is 9.59 Å². The monoisotopic (exact) mass is 294 g/mol. The first kappa shape index (κ1) is 14.3. The summed E-state index contributed by atoms with van der Waals surface area (Å²) in [6.45, 7) is 3.61. The number of nitrogens with one attached hydrogen (secondary N) is 1. The van der Waals surface area contributed by atoms with Crippen molar-refractivity contribution in [1.82, 2.24) is 10.5 Å². The quantitative estimate of drug-likeness (QED) is 0.852. The number of carbonyl (C=O) groups is 2. The van der Waals surface area contributed by atoms with Gasteiger partial charge < -0.3 is 14.6 Å². The smallest absolute Gasteiger partial charge is 0.377 e. The lowest BCUT2D eigenvalue weighted by atomic mass is 10.3. The molecule has 0 spiro atoms. The van der Waals surface area contributed by atoms with Gasteiger partial charge in [0.05, 0.1) is 12.2 Å². The third kappa shape index (κ3) is 3.67. The van der Waals surface area contributed by atoms with Gasteiger partial charge in [0.1, 0.15) is 0 Å². The molecule has 1 atom stereocenters. The number of hydrogen-bond acceptors (Lipinski definition) is 6. The molecule has 0 aromatic carbocycles. The number of ether oxygens (including phenoxy) is 1. The second-order valence-corrected chi connectivity index (χ2v) is 5.21. The maximum absolute atomic E-state index is 11.8. The van der Waals surface area contributed by atoms with Crippen LogP contribution in [0.2, 0.25) is 0 Å². The zero-order valence-electron chi connectivity index (χ0n) is 11.1. The van der Waals surface area contributed by atoms with Crippen molar-refractivity contribution in [1.29, 1.82) is 0 Å². The van der Waals surface area contributed by atoms with Gasteiger partial charge in [0.25, 0.3) is 5.91 Å². The molecule has 2 heterocycles. The fourth-order valence-electron chi connectivity index (χ4n) is 1.46. The van der Waals surface area contributed by atoms with Crippen LogP contribution in [-0.4, -0.2) is 23.1 Å². The van der Waals surface area contributed by atoms with E-state index in [1.165, 1.54) is 13.0 Å². The molecule has 0 fully saturated rings. The Morgan fingerprint density at radius 3 is 2.95 bits per heavy atom. The molecule has 0 saturated carbocycles. The summed E-state index contributed by atoms with van der Waals surface area (Å²) in [5.41, 5.74) is 0.576. The number of esters is 1. The van der Waals surface area contributed by atoms with E-state index >= 15 is 0 Å². The Morgan fingerprint density at radius 2 is 2.35 bits per heavy atom. The molecular formula is C13H14N2O4S. The van der Waals surface area contributed by atoms with Crippen molar-refractivity contribution in [3.8, 4) is 0 Å². The van der Waals surface area contributed by atoms with E-state index in [2.05, 4.69) is 10.5 Å². The first-order valence-corrected chi connectivity index (χ1v) is 6.88. The maximum atomic E-state index is 11.8. The molecule has 0 aliphatic heterocycles. The number of aryl methyl sites for hydroxylation is 1. The van der Waals surface area contributed by atoms with Gasteiger partial charge in [-0.25, -0.2) is 4.79 Å². The Hall–Kier alpha value is -2.15. The number of rotatable bonds is 5. The van der Waals surface area contributed by atoms with Crippen LogP contribution in [0.25, 0.3) is 0 Å². The maximum Gasteiger partial charge on any atom is 0.377 e. The van der Waals surface area contributed by atoms with E-state index in [0.29, 0.717) is 12.2 Å². The molecule has 1 amide bonds. The summed E-state index contributed by atoms with van der Waals surface area (Å²) < 4.78 is 9.77. The number of aromatic nitrogens is 1. The highest BCUT2D eigenvalue weighted by molar-refractivity contribution is 7.09. The topological polar surface area (TPSA) is 81.4 Å². The Morgan fingerprint density at radius 1 is 1.55 bits per heavy atom. The van der Waals surface area contributed by atoms with Gasteiger partial charge in [-0.15, -0.1) is 11.3 Å². The van der Waals surface area contributed by atoms with Crippen LogP contribution in [0, 0.1) is 6.92 Å². The number of amides is 1. The average molecular weight is 294 g/mol. The van der Waals surface area contributed by atoms with E-state index in [-0.39, 0.29) is 11.7 Å². The SMILES string of the molecule is Cc1cc(C(=O)OC(C)C(=O)NCc2cccs2)on1. The summed E-state index contributed by atoms with van der Waals surface area (Å²) in [7, 11) is 0. The van der Waals surface area contributed by atoms with Crippen molar-refractivity contribution in [2.75, 3.05) is 0 Å². The molecule has 2 aromatic heterocycles. The molecule has 6 nitrogen and oxygen atoms in total.